The number of carbonyl (C=O) groups is 4. The highest BCUT2D eigenvalue weighted by atomic mass is 28.4. The van der Waals surface area contributed by atoms with Crippen LogP contribution in [0.5, 0.6) is 0 Å². The molecule has 4 rings (SSSR count). The summed E-state index contributed by atoms with van der Waals surface area (Å²) in [4.78, 5) is 105. The predicted molar refractivity (Wildman–Crippen MR) is 243 cm³/mol. The second-order valence-corrected chi connectivity index (χ2v) is 24.4. The van der Waals surface area contributed by atoms with Gasteiger partial charge in [-0.25, -0.2) is 19.2 Å². The van der Waals surface area contributed by atoms with Gasteiger partial charge in [-0.05, 0) is 152 Å². The smallest absolute Gasteiger partial charge is 0.449 e. The summed E-state index contributed by atoms with van der Waals surface area (Å²) in [6.45, 7) is -0.619. The second-order valence-electron chi connectivity index (χ2n) is 20.3. The standard InChI is InChI=1S/C43H79F3N6O13Si2/c1-42(26-63-29-43(44,45)46,27-64-40(55)51-36-16-8-32(9-17-36)24-30-4-12-34(13-5-30)49-38(53)47-20-2-22-66(57,58)59)28-65-41(56)52-37-18-10-33(11-19-37)25-31-6-14-35(15-7-31)50-39(54)48-21-3-23-67(60,61)62/h30-37,57-62H,2-29H2,1H3,(H,51,55)(H,52,56)(H2,47,49,53)(H2,48,50,54). The van der Waals surface area contributed by atoms with Gasteiger partial charge in [0.15, 0.2) is 0 Å². The molecule has 0 atom stereocenters. The van der Waals surface area contributed by atoms with E-state index in [2.05, 4.69) is 31.9 Å². The Morgan fingerprint density at radius 2 is 0.806 bits per heavy atom. The molecule has 0 unspecified atom stereocenters. The minimum atomic E-state index is -4.57. The highest BCUT2D eigenvalue weighted by Crippen LogP contribution is 2.37. The maximum atomic E-state index is 13.0. The van der Waals surface area contributed by atoms with Crippen LogP contribution in [0.25, 0.3) is 0 Å². The summed E-state index contributed by atoms with van der Waals surface area (Å²) in [5, 5.41) is 17.1. The van der Waals surface area contributed by atoms with Crippen molar-refractivity contribution in [3.63, 3.8) is 0 Å². The maximum Gasteiger partial charge on any atom is 0.492 e. The number of urea groups is 2. The van der Waals surface area contributed by atoms with Gasteiger partial charge in [0.25, 0.3) is 0 Å². The fraction of sp³-hybridized carbons (Fsp3) is 0.907. The molecule has 4 saturated carbocycles. The van der Waals surface area contributed by atoms with Crippen LogP contribution in [0.15, 0.2) is 0 Å². The molecule has 0 aliphatic heterocycles. The number of amides is 6. The summed E-state index contributed by atoms with van der Waals surface area (Å²) in [5.74, 6) is 2.11. The fourth-order valence-electron chi connectivity index (χ4n) is 10.1. The largest absolute Gasteiger partial charge is 0.492 e. The molecule has 0 saturated heterocycles. The van der Waals surface area contributed by atoms with Crippen molar-refractivity contribution in [3.8, 4) is 0 Å². The van der Waals surface area contributed by atoms with Gasteiger partial charge in [0, 0.05) is 49.3 Å². The Kier molecular flexibility index (Phi) is 23.2. The number of carbonyl (C=O) groups excluding carboxylic acids is 4. The topological polar surface area (TPSA) is 290 Å². The van der Waals surface area contributed by atoms with Crippen LogP contribution in [-0.2, 0) is 14.2 Å². The van der Waals surface area contributed by atoms with Crippen molar-refractivity contribution in [3.05, 3.63) is 0 Å². The van der Waals surface area contributed by atoms with E-state index in [1.165, 1.54) is 0 Å². The number of hydrogen-bond donors (Lipinski definition) is 12. The Morgan fingerprint density at radius 3 is 1.10 bits per heavy atom. The highest BCUT2D eigenvalue weighted by molar-refractivity contribution is 6.56. The zero-order valence-electron chi connectivity index (χ0n) is 39.1. The SMILES string of the molecule is CC(COCC(F)(F)F)(COC(=O)NC1CCC(CC2CCC(NC(=O)NCCC[Si](O)(O)O)CC2)CC1)COC(=O)NC1CCC(CC2CCC(NC(=O)NCCC[Si](O)(O)O)CC2)CC1. The average Bonchev–Trinajstić information content (AvgIpc) is 3.24. The van der Waals surface area contributed by atoms with Gasteiger partial charge in [-0.3, -0.25) is 0 Å². The van der Waals surface area contributed by atoms with Crippen molar-refractivity contribution in [2.45, 2.75) is 178 Å². The van der Waals surface area contributed by atoms with E-state index in [0.717, 1.165) is 116 Å². The van der Waals surface area contributed by atoms with Gasteiger partial charge in [-0.1, -0.05) is 6.92 Å². The number of ether oxygens (including phenoxy) is 3. The normalized spacial score (nSPS) is 27.1. The van der Waals surface area contributed by atoms with Crippen LogP contribution in [0.2, 0.25) is 12.1 Å². The molecular weight excluding hydrogens is 922 g/mol. The molecule has 0 radical (unpaired) electrons. The third kappa shape index (κ3) is 24.9. The van der Waals surface area contributed by atoms with Crippen LogP contribution < -0.4 is 31.9 Å². The monoisotopic (exact) mass is 1000 g/mol. The van der Waals surface area contributed by atoms with Crippen molar-refractivity contribution in [2.75, 3.05) is 39.5 Å². The summed E-state index contributed by atoms with van der Waals surface area (Å²) >= 11 is 0. The molecule has 0 aromatic carbocycles. The summed E-state index contributed by atoms with van der Waals surface area (Å²) in [7, 11) is -8.21. The van der Waals surface area contributed by atoms with Gasteiger partial charge in [0.1, 0.15) is 19.8 Å². The lowest BCUT2D eigenvalue weighted by Gasteiger charge is -2.35. The molecule has 67 heavy (non-hydrogen) atoms. The first kappa shape index (κ1) is 56.6. The predicted octanol–water partition coefficient (Wildman–Crippen LogP) is 4.25. The molecular formula is C43H79F3N6O13Si2. The Hall–Kier alpha value is -2.98. The van der Waals surface area contributed by atoms with Crippen molar-refractivity contribution in [2.24, 2.45) is 29.1 Å². The Morgan fingerprint density at radius 1 is 0.493 bits per heavy atom. The lowest BCUT2D eigenvalue weighted by Crippen LogP contribution is -2.44. The van der Waals surface area contributed by atoms with Gasteiger partial charge in [-0.15, -0.1) is 0 Å². The Balaban J connectivity index is 1.08. The molecule has 4 aliphatic carbocycles. The number of rotatable bonds is 23. The summed E-state index contributed by atoms with van der Waals surface area (Å²) in [5.41, 5.74) is -1.25. The van der Waals surface area contributed by atoms with E-state index in [1.54, 1.807) is 6.92 Å². The number of nitrogens with one attached hydrogen (secondary N) is 6. The third-order valence-electron chi connectivity index (χ3n) is 13.8. The van der Waals surface area contributed by atoms with Crippen molar-refractivity contribution in [1.29, 1.82) is 0 Å². The molecule has 0 aromatic heterocycles. The van der Waals surface area contributed by atoms with Crippen molar-refractivity contribution in [1.82, 2.24) is 31.9 Å². The van der Waals surface area contributed by atoms with Crippen LogP contribution in [0.1, 0.15) is 135 Å². The lowest BCUT2D eigenvalue weighted by atomic mass is 9.76. The molecule has 19 nitrogen and oxygen atoms in total. The maximum absolute atomic E-state index is 13.0. The van der Waals surface area contributed by atoms with Crippen molar-refractivity contribution < 1.29 is 75.3 Å². The van der Waals surface area contributed by atoms with E-state index in [9.17, 15) is 32.3 Å². The summed E-state index contributed by atoms with van der Waals surface area (Å²) < 4.78 is 54.9. The average molecular weight is 1000 g/mol. The molecule has 0 bridgehead atoms. The quantitative estimate of drug-likeness (QED) is 0.0505. The van der Waals surface area contributed by atoms with E-state index >= 15 is 0 Å². The number of halogens is 3. The number of alkyl halides is 3. The third-order valence-corrected chi connectivity index (χ3v) is 15.9. The first-order valence-electron chi connectivity index (χ1n) is 24.4. The minimum absolute atomic E-state index is 0.0685. The van der Waals surface area contributed by atoms with Crippen molar-refractivity contribution >= 4 is 41.9 Å². The van der Waals surface area contributed by atoms with Gasteiger partial charge in [0.2, 0.25) is 0 Å². The minimum Gasteiger partial charge on any atom is -0.449 e. The number of alkyl carbamates (subject to hydrolysis) is 2. The van der Waals surface area contributed by atoms with E-state index in [0.29, 0.717) is 23.7 Å². The Bertz CT molecular complexity index is 1400. The first-order chi connectivity index (χ1) is 31.5. The lowest BCUT2D eigenvalue weighted by molar-refractivity contribution is -0.183. The molecule has 4 fully saturated rings. The van der Waals surface area contributed by atoms with Gasteiger partial charge in [0.05, 0.1) is 12.0 Å². The van der Waals surface area contributed by atoms with Crippen LogP contribution >= 0.6 is 0 Å². The molecule has 6 amide bonds. The second kappa shape index (κ2) is 27.4. The molecule has 388 valence electrons. The molecule has 0 heterocycles. The molecule has 24 heteroatoms. The van der Waals surface area contributed by atoms with Crippen LogP contribution in [0, 0.1) is 29.1 Å². The van der Waals surface area contributed by atoms with Crippen LogP contribution in [0.4, 0.5) is 32.3 Å². The molecule has 4 aliphatic rings. The summed E-state index contributed by atoms with van der Waals surface area (Å²) in [6.07, 6.45) is 10.9. The van der Waals surface area contributed by atoms with Crippen LogP contribution in [-0.4, -0.2) is 140 Å². The Labute approximate surface area is 394 Å². The highest BCUT2D eigenvalue weighted by Gasteiger charge is 2.36. The van der Waals surface area contributed by atoms with E-state index in [4.69, 9.17) is 43.0 Å². The molecule has 0 spiro atoms. The zero-order chi connectivity index (χ0) is 49.1. The molecule has 0 aromatic rings. The zero-order valence-corrected chi connectivity index (χ0v) is 41.1. The van der Waals surface area contributed by atoms with E-state index in [1.807, 2.05) is 0 Å². The van der Waals surface area contributed by atoms with Gasteiger partial charge >= 0.3 is 48.0 Å². The summed E-state index contributed by atoms with van der Waals surface area (Å²) in [6, 6.07) is -0.960. The number of hydrogen-bond acceptors (Lipinski definition) is 13. The van der Waals surface area contributed by atoms with E-state index < -0.39 is 54.6 Å². The first-order valence-corrected chi connectivity index (χ1v) is 28.5. The van der Waals surface area contributed by atoms with Gasteiger partial charge in [-0.2, -0.15) is 13.2 Å². The van der Waals surface area contributed by atoms with Gasteiger partial charge < -0.3 is 74.9 Å². The van der Waals surface area contributed by atoms with Crippen LogP contribution in [0.3, 0.4) is 0 Å². The molecule has 12 N–H and O–H groups in total. The fourth-order valence-corrected chi connectivity index (χ4v) is 11.4. The van der Waals surface area contributed by atoms with E-state index in [-0.39, 0.29) is 87.5 Å².